The fourth-order valence-corrected chi connectivity index (χ4v) is 2.73. The second kappa shape index (κ2) is 8.36. The molecule has 0 radical (unpaired) electrons. The van der Waals surface area contributed by atoms with Crippen molar-refractivity contribution in [2.45, 2.75) is 45.6 Å². The summed E-state index contributed by atoms with van der Waals surface area (Å²) in [4.78, 5) is 13.7. The number of nitrogens with one attached hydrogen (secondary N) is 1. The number of rotatable bonds is 6. The summed E-state index contributed by atoms with van der Waals surface area (Å²) in [7, 11) is 0. The van der Waals surface area contributed by atoms with Gasteiger partial charge in [0, 0.05) is 25.9 Å². The smallest absolute Gasteiger partial charge is 0.317 e. The predicted octanol–water partition coefficient (Wildman–Crippen LogP) is 3.99. The van der Waals surface area contributed by atoms with Crippen molar-refractivity contribution in [3.05, 3.63) is 23.8 Å². The van der Waals surface area contributed by atoms with Crippen LogP contribution in [0.15, 0.2) is 18.2 Å². The van der Waals surface area contributed by atoms with Crippen molar-refractivity contribution in [1.29, 1.82) is 0 Å². The topological polar surface area (TPSA) is 50.8 Å². The van der Waals surface area contributed by atoms with E-state index in [4.69, 9.17) is 9.47 Å². The van der Waals surface area contributed by atoms with Crippen LogP contribution in [-0.4, -0.2) is 43.2 Å². The molecule has 1 N–H and O–H groups in total. The molecule has 7 heteroatoms. The zero-order valence-corrected chi connectivity index (χ0v) is 15.0. The highest BCUT2D eigenvalue weighted by Crippen LogP contribution is 2.31. The fourth-order valence-electron chi connectivity index (χ4n) is 2.73. The van der Waals surface area contributed by atoms with Gasteiger partial charge in [-0.15, -0.1) is 0 Å². The Morgan fingerprint density at radius 3 is 2.40 bits per heavy atom. The number of amides is 2. The van der Waals surface area contributed by atoms with Gasteiger partial charge in [0.2, 0.25) is 0 Å². The van der Waals surface area contributed by atoms with Gasteiger partial charge in [0.25, 0.3) is 5.92 Å². The van der Waals surface area contributed by atoms with E-state index in [1.165, 1.54) is 4.90 Å². The molecule has 1 atom stereocenters. The number of ether oxygens (including phenoxy) is 2. The van der Waals surface area contributed by atoms with Crippen LogP contribution in [0.5, 0.6) is 11.5 Å². The molecule has 2 rings (SSSR count). The van der Waals surface area contributed by atoms with Crippen LogP contribution < -0.4 is 14.8 Å². The lowest BCUT2D eigenvalue weighted by molar-refractivity contribution is -0.0470. The summed E-state index contributed by atoms with van der Waals surface area (Å²) in [6, 6.07) is 4.92. The van der Waals surface area contributed by atoms with Gasteiger partial charge in [0.15, 0.2) is 11.5 Å². The molecule has 0 bridgehead atoms. The Kier molecular flexibility index (Phi) is 6.45. The standard InChI is InChI=1S/C18H26F2N2O3/c1-4-24-15-7-6-14(12-16(15)25-5-2)13(3)21-17(23)22-10-8-18(19,20)9-11-22/h6-7,12-13H,4-5,8-11H2,1-3H3,(H,21,23). The molecule has 0 saturated carbocycles. The molecule has 1 saturated heterocycles. The minimum absolute atomic E-state index is 0.0685. The maximum absolute atomic E-state index is 13.2. The molecule has 1 aliphatic rings. The Morgan fingerprint density at radius 2 is 1.80 bits per heavy atom. The van der Waals surface area contributed by atoms with E-state index in [0.29, 0.717) is 24.7 Å². The highest BCUT2D eigenvalue weighted by atomic mass is 19.3. The van der Waals surface area contributed by atoms with Gasteiger partial charge in [0.1, 0.15) is 0 Å². The van der Waals surface area contributed by atoms with Crippen LogP contribution in [0.25, 0.3) is 0 Å². The van der Waals surface area contributed by atoms with E-state index in [1.807, 2.05) is 39.0 Å². The third-order valence-electron chi connectivity index (χ3n) is 4.19. The van der Waals surface area contributed by atoms with Crippen molar-refractivity contribution < 1.29 is 23.0 Å². The highest BCUT2D eigenvalue weighted by molar-refractivity contribution is 5.74. The number of benzene rings is 1. The lowest BCUT2D eigenvalue weighted by Gasteiger charge is -2.32. The molecule has 1 aromatic rings. The number of likely N-dealkylation sites (tertiary alicyclic amines) is 1. The molecule has 0 aliphatic carbocycles. The molecule has 140 valence electrons. The Hall–Kier alpha value is -2.05. The van der Waals surface area contributed by atoms with Gasteiger partial charge in [-0.25, -0.2) is 13.6 Å². The third-order valence-corrected chi connectivity index (χ3v) is 4.19. The normalized spacial score (nSPS) is 17.7. The third kappa shape index (κ3) is 5.21. The van der Waals surface area contributed by atoms with E-state index in [0.717, 1.165) is 5.56 Å². The first-order valence-electron chi connectivity index (χ1n) is 8.69. The van der Waals surface area contributed by atoms with Crippen molar-refractivity contribution in [2.24, 2.45) is 0 Å². The number of nitrogens with zero attached hydrogens (tertiary/aromatic N) is 1. The van der Waals surface area contributed by atoms with Gasteiger partial charge >= 0.3 is 6.03 Å². The minimum Gasteiger partial charge on any atom is -0.490 e. The average molecular weight is 356 g/mol. The maximum Gasteiger partial charge on any atom is 0.317 e. The number of alkyl halides is 2. The summed E-state index contributed by atoms with van der Waals surface area (Å²) in [6.07, 6.45) is -0.571. The number of hydrogen-bond acceptors (Lipinski definition) is 3. The monoisotopic (exact) mass is 356 g/mol. The van der Waals surface area contributed by atoms with E-state index in [1.54, 1.807) is 0 Å². The number of halogens is 2. The van der Waals surface area contributed by atoms with Crippen LogP contribution in [0.2, 0.25) is 0 Å². The zero-order chi connectivity index (χ0) is 18.4. The molecule has 1 aliphatic heterocycles. The van der Waals surface area contributed by atoms with E-state index in [-0.39, 0.29) is 38.0 Å². The van der Waals surface area contributed by atoms with Gasteiger partial charge in [-0.05, 0) is 38.5 Å². The fraction of sp³-hybridized carbons (Fsp3) is 0.611. The molecule has 1 fully saturated rings. The van der Waals surface area contributed by atoms with Crippen LogP contribution >= 0.6 is 0 Å². The SMILES string of the molecule is CCOc1ccc(C(C)NC(=O)N2CCC(F)(F)CC2)cc1OCC. The Labute approximate surface area is 147 Å². The van der Waals surface area contributed by atoms with Crippen molar-refractivity contribution in [2.75, 3.05) is 26.3 Å². The van der Waals surface area contributed by atoms with Crippen molar-refractivity contribution >= 4 is 6.03 Å². The largest absolute Gasteiger partial charge is 0.490 e. The van der Waals surface area contributed by atoms with Crippen molar-refractivity contribution in [3.8, 4) is 11.5 Å². The van der Waals surface area contributed by atoms with E-state index >= 15 is 0 Å². The Balaban J connectivity index is 2.01. The van der Waals surface area contributed by atoms with E-state index < -0.39 is 5.92 Å². The lowest BCUT2D eigenvalue weighted by atomic mass is 10.1. The number of carbonyl (C=O) groups excluding carboxylic acids is 1. The summed E-state index contributed by atoms with van der Waals surface area (Å²) in [5.74, 6) is -1.38. The number of hydrogen-bond donors (Lipinski definition) is 1. The molecule has 1 heterocycles. The summed E-state index contributed by atoms with van der Waals surface area (Å²) in [6.45, 7) is 6.81. The number of urea groups is 1. The molecule has 5 nitrogen and oxygen atoms in total. The minimum atomic E-state index is -2.66. The summed E-state index contributed by atoms with van der Waals surface area (Å²) >= 11 is 0. The first-order valence-corrected chi connectivity index (χ1v) is 8.69. The van der Waals surface area contributed by atoms with Crippen LogP contribution in [0.3, 0.4) is 0 Å². The Morgan fingerprint density at radius 1 is 1.20 bits per heavy atom. The molecular formula is C18H26F2N2O3. The highest BCUT2D eigenvalue weighted by Gasteiger charge is 2.35. The predicted molar refractivity (Wildman–Crippen MR) is 91.5 cm³/mol. The molecular weight excluding hydrogens is 330 g/mol. The van der Waals surface area contributed by atoms with Crippen LogP contribution in [-0.2, 0) is 0 Å². The zero-order valence-electron chi connectivity index (χ0n) is 15.0. The van der Waals surface area contributed by atoms with Gasteiger partial charge in [-0.3, -0.25) is 0 Å². The molecule has 1 aromatic carbocycles. The van der Waals surface area contributed by atoms with Gasteiger partial charge in [-0.1, -0.05) is 6.07 Å². The average Bonchev–Trinajstić information content (AvgIpc) is 2.56. The van der Waals surface area contributed by atoms with Crippen LogP contribution in [0, 0.1) is 0 Å². The first-order chi connectivity index (χ1) is 11.9. The van der Waals surface area contributed by atoms with E-state index in [9.17, 15) is 13.6 Å². The van der Waals surface area contributed by atoms with E-state index in [2.05, 4.69) is 5.32 Å². The molecule has 0 spiro atoms. The van der Waals surface area contributed by atoms with Crippen molar-refractivity contribution in [3.63, 3.8) is 0 Å². The first kappa shape index (κ1) is 19.3. The Bertz CT molecular complexity index is 586. The molecule has 25 heavy (non-hydrogen) atoms. The molecule has 0 aromatic heterocycles. The molecule has 1 unspecified atom stereocenters. The van der Waals surface area contributed by atoms with Gasteiger partial charge in [-0.2, -0.15) is 0 Å². The van der Waals surface area contributed by atoms with Gasteiger partial charge < -0.3 is 19.7 Å². The second-order valence-corrected chi connectivity index (χ2v) is 6.09. The number of carbonyl (C=O) groups is 1. The van der Waals surface area contributed by atoms with Gasteiger partial charge in [0.05, 0.1) is 19.3 Å². The lowest BCUT2D eigenvalue weighted by Crippen LogP contribution is -2.47. The summed E-state index contributed by atoms with van der Waals surface area (Å²) in [5, 5.41) is 2.86. The second-order valence-electron chi connectivity index (χ2n) is 6.09. The van der Waals surface area contributed by atoms with Crippen LogP contribution in [0.4, 0.5) is 13.6 Å². The summed E-state index contributed by atoms with van der Waals surface area (Å²) in [5.41, 5.74) is 0.864. The van der Waals surface area contributed by atoms with Crippen molar-refractivity contribution in [1.82, 2.24) is 10.2 Å². The molecule has 2 amide bonds. The number of piperidine rings is 1. The quantitative estimate of drug-likeness (QED) is 0.839. The van der Waals surface area contributed by atoms with Crippen LogP contribution in [0.1, 0.15) is 45.2 Å². The maximum atomic E-state index is 13.2. The summed E-state index contributed by atoms with van der Waals surface area (Å²) < 4.78 is 37.5.